The van der Waals surface area contributed by atoms with Gasteiger partial charge in [-0.3, -0.25) is 0 Å². The van der Waals surface area contributed by atoms with Gasteiger partial charge >= 0.3 is 0 Å². The summed E-state index contributed by atoms with van der Waals surface area (Å²) in [5.74, 6) is 1.82. The van der Waals surface area contributed by atoms with Crippen LogP contribution >= 0.6 is 0 Å². The molecule has 0 aromatic carbocycles. The van der Waals surface area contributed by atoms with Crippen LogP contribution in [-0.2, 0) is 7.05 Å². The maximum absolute atomic E-state index is 9.47. The highest BCUT2D eigenvalue weighted by Gasteiger charge is 2.24. The molecule has 1 fully saturated rings. The van der Waals surface area contributed by atoms with Crippen LogP contribution < -0.4 is 5.32 Å². The monoisotopic (exact) mass is 274 g/mol. The van der Waals surface area contributed by atoms with Gasteiger partial charge in [-0.25, -0.2) is 9.97 Å². The molecule has 0 radical (unpaired) electrons. The van der Waals surface area contributed by atoms with Crippen LogP contribution in [0, 0.1) is 11.8 Å². The van der Waals surface area contributed by atoms with Crippen LogP contribution in [0.25, 0.3) is 11.0 Å². The van der Waals surface area contributed by atoms with Gasteiger partial charge in [0.15, 0.2) is 5.82 Å². The van der Waals surface area contributed by atoms with Gasteiger partial charge in [-0.05, 0) is 30.7 Å². The molecule has 0 aliphatic heterocycles. The lowest BCUT2D eigenvalue weighted by atomic mass is 9.79. The predicted octanol–water partition coefficient (Wildman–Crippen LogP) is 2.18. The van der Waals surface area contributed by atoms with Gasteiger partial charge in [0.2, 0.25) is 0 Å². The molecule has 5 heteroatoms. The zero-order chi connectivity index (χ0) is 13.9. The van der Waals surface area contributed by atoms with Crippen LogP contribution in [-0.4, -0.2) is 32.8 Å². The Morgan fingerprint density at radius 1 is 1.30 bits per heavy atom. The topological polar surface area (TPSA) is 63.0 Å². The van der Waals surface area contributed by atoms with Crippen molar-refractivity contribution in [2.75, 3.05) is 18.5 Å². The number of fused-ring (bicyclic) bond motifs is 1. The van der Waals surface area contributed by atoms with E-state index in [9.17, 15) is 5.11 Å². The molecule has 2 atom stereocenters. The summed E-state index contributed by atoms with van der Waals surface area (Å²) in [5, 5.41) is 12.9. The molecule has 1 aliphatic rings. The van der Waals surface area contributed by atoms with Crippen molar-refractivity contribution in [1.82, 2.24) is 14.5 Å². The number of nitrogens with one attached hydrogen (secondary N) is 1. The van der Waals surface area contributed by atoms with Crippen molar-refractivity contribution in [1.29, 1.82) is 0 Å². The summed E-state index contributed by atoms with van der Waals surface area (Å²) < 4.78 is 2.00. The fourth-order valence-corrected chi connectivity index (χ4v) is 3.21. The number of aryl methyl sites for hydroxylation is 1. The van der Waals surface area contributed by atoms with Crippen LogP contribution in [0.15, 0.2) is 18.6 Å². The lowest BCUT2D eigenvalue weighted by Crippen LogP contribution is -2.28. The van der Waals surface area contributed by atoms with Crippen molar-refractivity contribution in [3.05, 3.63) is 18.6 Å². The molecule has 0 amide bonds. The lowest BCUT2D eigenvalue weighted by Gasteiger charge is -2.30. The maximum Gasteiger partial charge on any atom is 0.154 e. The molecule has 20 heavy (non-hydrogen) atoms. The molecule has 2 N–H and O–H groups in total. The van der Waals surface area contributed by atoms with Crippen molar-refractivity contribution >= 4 is 16.9 Å². The zero-order valence-electron chi connectivity index (χ0n) is 11.9. The second-order valence-corrected chi connectivity index (χ2v) is 5.75. The van der Waals surface area contributed by atoms with E-state index in [1.54, 1.807) is 0 Å². The number of aliphatic hydroxyl groups excluding tert-OH is 1. The van der Waals surface area contributed by atoms with Crippen LogP contribution in [0.5, 0.6) is 0 Å². The molecule has 1 saturated carbocycles. The predicted molar refractivity (Wildman–Crippen MR) is 79.5 cm³/mol. The van der Waals surface area contributed by atoms with Crippen LogP contribution in [0.2, 0.25) is 0 Å². The number of imidazole rings is 1. The van der Waals surface area contributed by atoms with E-state index in [2.05, 4.69) is 15.3 Å². The Bertz CT molecular complexity index is 580. The van der Waals surface area contributed by atoms with Gasteiger partial charge in [0.1, 0.15) is 5.52 Å². The third kappa shape index (κ3) is 2.50. The van der Waals surface area contributed by atoms with Crippen molar-refractivity contribution in [2.45, 2.75) is 25.7 Å². The molecule has 3 rings (SSSR count). The molecule has 5 nitrogen and oxygen atoms in total. The first-order valence-corrected chi connectivity index (χ1v) is 7.40. The number of hydrogen-bond donors (Lipinski definition) is 2. The molecule has 1 aliphatic carbocycles. The van der Waals surface area contributed by atoms with Gasteiger partial charge in [-0.2, -0.15) is 0 Å². The summed E-state index contributed by atoms with van der Waals surface area (Å²) in [7, 11) is 1.99. The summed E-state index contributed by atoms with van der Waals surface area (Å²) in [5.41, 5.74) is 2.01. The van der Waals surface area contributed by atoms with E-state index in [0.717, 1.165) is 29.8 Å². The van der Waals surface area contributed by atoms with E-state index in [4.69, 9.17) is 0 Å². The number of hydrogen-bond acceptors (Lipinski definition) is 4. The first-order chi connectivity index (χ1) is 9.79. The number of pyridine rings is 1. The molecule has 0 bridgehead atoms. The molecular weight excluding hydrogens is 252 g/mol. The summed E-state index contributed by atoms with van der Waals surface area (Å²) in [4.78, 5) is 8.82. The highest BCUT2D eigenvalue weighted by atomic mass is 16.3. The number of anilines is 1. The van der Waals surface area contributed by atoms with E-state index < -0.39 is 0 Å². The highest BCUT2D eigenvalue weighted by Crippen LogP contribution is 2.30. The van der Waals surface area contributed by atoms with E-state index in [-0.39, 0.29) is 0 Å². The number of rotatable bonds is 4. The Hall–Kier alpha value is -1.62. The summed E-state index contributed by atoms with van der Waals surface area (Å²) >= 11 is 0. The third-order valence-corrected chi connectivity index (χ3v) is 4.48. The molecule has 2 aromatic rings. The van der Waals surface area contributed by atoms with E-state index in [1.807, 2.05) is 30.2 Å². The van der Waals surface area contributed by atoms with Gasteiger partial charge in [0.25, 0.3) is 0 Å². The molecule has 108 valence electrons. The van der Waals surface area contributed by atoms with Crippen molar-refractivity contribution < 1.29 is 5.11 Å². The first-order valence-electron chi connectivity index (χ1n) is 7.40. The minimum Gasteiger partial charge on any atom is -0.396 e. The average Bonchev–Trinajstić information content (AvgIpc) is 2.88. The maximum atomic E-state index is 9.47. The second kappa shape index (κ2) is 5.79. The fourth-order valence-electron chi connectivity index (χ4n) is 3.21. The Morgan fingerprint density at radius 2 is 2.10 bits per heavy atom. The molecule has 0 saturated heterocycles. The van der Waals surface area contributed by atoms with Gasteiger partial charge in [-0.1, -0.05) is 12.8 Å². The largest absolute Gasteiger partial charge is 0.396 e. The molecular formula is C15H22N4O. The Labute approximate surface area is 119 Å². The van der Waals surface area contributed by atoms with Crippen molar-refractivity contribution in [3.8, 4) is 0 Å². The molecule has 2 heterocycles. The first kappa shape index (κ1) is 13.4. The van der Waals surface area contributed by atoms with E-state index in [0.29, 0.717) is 18.4 Å². The normalized spacial score (nSPS) is 23.1. The third-order valence-electron chi connectivity index (χ3n) is 4.48. The summed E-state index contributed by atoms with van der Waals surface area (Å²) in [6.07, 6.45) is 8.48. The lowest BCUT2D eigenvalue weighted by molar-refractivity contribution is 0.141. The van der Waals surface area contributed by atoms with Gasteiger partial charge < -0.3 is 15.0 Å². The summed E-state index contributed by atoms with van der Waals surface area (Å²) in [6, 6.07) is 1.98. The van der Waals surface area contributed by atoms with Gasteiger partial charge in [0, 0.05) is 26.4 Å². The quantitative estimate of drug-likeness (QED) is 0.897. The van der Waals surface area contributed by atoms with Crippen molar-refractivity contribution in [2.24, 2.45) is 18.9 Å². The molecule has 2 unspecified atom stereocenters. The number of aliphatic hydroxyl groups is 1. The zero-order valence-corrected chi connectivity index (χ0v) is 11.9. The number of nitrogens with zero attached hydrogens (tertiary/aromatic N) is 3. The number of aromatic nitrogens is 3. The van der Waals surface area contributed by atoms with E-state index >= 15 is 0 Å². The molecule has 0 spiro atoms. The summed E-state index contributed by atoms with van der Waals surface area (Å²) in [6.45, 7) is 1.17. The standard InChI is InChI=1S/C15H22N4O/c1-19-10-18-14-13(19)6-7-16-15(14)17-8-11-4-2-3-5-12(11)9-20/h6-7,10-12,20H,2-5,8-9H2,1H3,(H,16,17). The SMILES string of the molecule is Cn1cnc2c(NCC3CCCCC3CO)nccc21. The smallest absolute Gasteiger partial charge is 0.154 e. The average molecular weight is 274 g/mol. The van der Waals surface area contributed by atoms with Crippen LogP contribution in [0.1, 0.15) is 25.7 Å². The van der Waals surface area contributed by atoms with Gasteiger partial charge in [-0.15, -0.1) is 0 Å². The van der Waals surface area contributed by atoms with Crippen LogP contribution in [0.4, 0.5) is 5.82 Å². The fraction of sp³-hybridized carbons (Fsp3) is 0.600. The Balaban J connectivity index is 1.73. The minimum atomic E-state index is 0.299. The Morgan fingerprint density at radius 3 is 2.90 bits per heavy atom. The Kier molecular flexibility index (Phi) is 3.87. The highest BCUT2D eigenvalue weighted by molar-refractivity contribution is 5.85. The molecule has 2 aromatic heterocycles. The van der Waals surface area contributed by atoms with Gasteiger partial charge in [0.05, 0.1) is 11.8 Å². The van der Waals surface area contributed by atoms with Crippen molar-refractivity contribution in [3.63, 3.8) is 0 Å². The minimum absolute atomic E-state index is 0.299. The van der Waals surface area contributed by atoms with E-state index in [1.165, 1.54) is 19.3 Å². The second-order valence-electron chi connectivity index (χ2n) is 5.75. The van der Waals surface area contributed by atoms with Crippen LogP contribution in [0.3, 0.4) is 0 Å².